The van der Waals surface area contributed by atoms with E-state index < -0.39 is 28.5 Å². The van der Waals surface area contributed by atoms with Crippen LogP contribution in [0.3, 0.4) is 0 Å². The first-order valence-electron chi connectivity index (χ1n) is 13.1. The van der Waals surface area contributed by atoms with Crippen LogP contribution in [0.4, 0.5) is 5.69 Å². The van der Waals surface area contributed by atoms with Gasteiger partial charge in [0.25, 0.3) is 0 Å². The van der Waals surface area contributed by atoms with Gasteiger partial charge in [0.15, 0.2) is 0 Å². The molecule has 0 aromatic heterocycles. The quantitative estimate of drug-likeness (QED) is 0.360. The van der Waals surface area contributed by atoms with Crippen LogP contribution in [0.15, 0.2) is 84.9 Å². The molecule has 206 valence electrons. The number of nitrogens with one attached hydrogen (secondary N) is 1. The third kappa shape index (κ3) is 8.07. The van der Waals surface area contributed by atoms with Crippen molar-refractivity contribution in [3.05, 3.63) is 101 Å². The Hall–Kier alpha value is -3.36. The highest BCUT2D eigenvalue weighted by atomic mass is 35.5. The van der Waals surface area contributed by atoms with E-state index in [1.165, 1.54) is 11.0 Å². The predicted octanol–water partition coefficient (Wildman–Crippen LogP) is 4.80. The Bertz CT molecular complexity index is 1360. The van der Waals surface area contributed by atoms with E-state index in [1.807, 2.05) is 60.7 Å². The molecule has 3 aromatic rings. The molecular formula is C30H34ClN3O4S. The number of hydrogen-bond acceptors (Lipinski definition) is 4. The Labute approximate surface area is 235 Å². The molecule has 1 saturated carbocycles. The van der Waals surface area contributed by atoms with Crippen molar-refractivity contribution >= 4 is 39.1 Å². The number of sulfonamides is 1. The van der Waals surface area contributed by atoms with Crippen molar-refractivity contribution < 1.29 is 18.0 Å². The second kappa shape index (κ2) is 13.1. The van der Waals surface area contributed by atoms with E-state index in [0.717, 1.165) is 47.4 Å². The van der Waals surface area contributed by atoms with Gasteiger partial charge in [0.2, 0.25) is 21.8 Å². The maximum Gasteiger partial charge on any atom is 0.244 e. The first-order chi connectivity index (χ1) is 18.7. The molecule has 1 atom stereocenters. The fourth-order valence-corrected chi connectivity index (χ4v) is 5.97. The summed E-state index contributed by atoms with van der Waals surface area (Å²) >= 11 is 6.14. The minimum absolute atomic E-state index is 0.0726. The summed E-state index contributed by atoms with van der Waals surface area (Å²) in [7, 11) is -3.83. The molecule has 4 rings (SSSR count). The summed E-state index contributed by atoms with van der Waals surface area (Å²) in [4.78, 5) is 29.3. The lowest BCUT2D eigenvalue weighted by Gasteiger charge is -2.34. The lowest BCUT2D eigenvalue weighted by Crippen LogP contribution is -2.54. The summed E-state index contributed by atoms with van der Waals surface area (Å²) in [6, 6.07) is 24.6. The SMILES string of the molecule is CS(=O)(=O)N(CC(=O)N(Cc1ccccc1)[C@H](Cc1ccccc1)C(=O)NC1CCCC1)c1cccc(Cl)c1. The van der Waals surface area contributed by atoms with Crippen LogP contribution in [0.2, 0.25) is 5.02 Å². The van der Waals surface area contributed by atoms with Gasteiger partial charge in [-0.3, -0.25) is 13.9 Å². The molecule has 2 amide bonds. The van der Waals surface area contributed by atoms with E-state index >= 15 is 0 Å². The van der Waals surface area contributed by atoms with Crippen molar-refractivity contribution in [2.75, 3.05) is 17.1 Å². The Kier molecular flexibility index (Phi) is 9.64. The minimum Gasteiger partial charge on any atom is -0.352 e. The maximum atomic E-state index is 14.0. The number of halogens is 1. The van der Waals surface area contributed by atoms with E-state index in [4.69, 9.17) is 11.6 Å². The lowest BCUT2D eigenvalue weighted by atomic mass is 10.0. The monoisotopic (exact) mass is 567 g/mol. The summed E-state index contributed by atoms with van der Waals surface area (Å²) < 4.78 is 26.7. The number of rotatable bonds is 11. The fourth-order valence-electron chi connectivity index (χ4n) is 4.95. The molecule has 0 spiro atoms. The Morgan fingerprint density at radius 1 is 0.923 bits per heavy atom. The summed E-state index contributed by atoms with van der Waals surface area (Å²) in [5, 5.41) is 3.52. The Balaban J connectivity index is 1.70. The average molecular weight is 568 g/mol. The summed E-state index contributed by atoms with van der Waals surface area (Å²) in [6.45, 7) is -0.309. The molecule has 0 unspecified atom stereocenters. The molecule has 0 bridgehead atoms. The largest absolute Gasteiger partial charge is 0.352 e. The third-order valence-corrected chi connectivity index (χ3v) is 8.32. The van der Waals surface area contributed by atoms with Crippen LogP contribution < -0.4 is 9.62 Å². The van der Waals surface area contributed by atoms with Crippen molar-refractivity contribution in [3.63, 3.8) is 0 Å². The summed E-state index contributed by atoms with van der Waals surface area (Å²) in [5.41, 5.74) is 2.03. The molecule has 0 aliphatic heterocycles. The van der Waals surface area contributed by atoms with Crippen LogP contribution >= 0.6 is 11.6 Å². The Morgan fingerprint density at radius 2 is 1.54 bits per heavy atom. The van der Waals surface area contributed by atoms with Gasteiger partial charge in [-0.25, -0.2) is 8.42 Å². The predicted molar refractivity (Wildman–Crippen MR) is 155 cm³/mol. The van der Waals surface area contributed by atoms with Crippen LogP contribution in [0.25, 0.3) is 0 Å². The first kappa shape index (κ1) is 28.6. The lowest BCUT2D eigenvalue weighted by molar-refractivity contribution is -0.140. The molecule has 7 nitrogen and oxygen atoms in total. The molecule has 9 heteroatoms. The average Bonchev–Trinajstić information content (AvgIpc) is 3.42. The summed E-state index contributed by atoms with van der Waals surface area (Å²) in [5.74, 6) is -0.713. The maximum absolute atomic E-state index is 14.0. The van der Waals surface area contributed by atoms with Crippen molar-refractivity contribution in [3.8, 4) is 0 Å². The highest BCUT2D eigenvalue weighted by molar-refractivity contribution is 7.92. The van der Waals surface area contributed by atoms with Crippen LogP contribution in [0, 0.1) is 0 Å². The van der Waals surface area contributed by atoms with Crippen LogP contribution in [0.5, 0.6) is 0 Å². The molecular weight excluding hydrogens is 534 g/mol. The van der Waals surface area contributed by atoms with E-state index in [9.17, 15) is 18.0 Å². The highest BCUT2D eigenvalue weighted by Gasteiger charge is 2.34. The number of benzene rings is 3. The second-order valence-corrected chi connectivity index (χ2v) is 12.3. The number of amides is 2. The van der Waals surface area contributed by atoms with E-state index in [-0.39, 0.29) is 24.2 Å². The number of nitrogens with zero attached hydrogens (tertiary/aromatic N) is 2. The fraction of sp³-hybridized carbons (Fsp3) is 0.333. The van der Waals surface area contributed by atoms with Gasteiger partial charge < -0.3 is 10.2 Å². The van der Waals surface area contributed by atoms with E-state index in [2.05, 4.69) is 5.32 Å². The summed E-state index contributed by atoms with van der Waals surface area (Å²) in [6.07, 6.45) is 5.29. The van der Waals surface area contributed by atoms with Gasteiger partial charge in [0.1, 0.15) is 12.6 Å². The molecule has 0 heterocycles. The zero-order valence-corrected chi connectivity index (χ0v) is 23.6. The normalized spacial score (nSPS) is 14.5. The van der Waals surface area contributed by atoms with Gasteiger partial charge in [-0.1, -0.05) is 91.2 Å². The van der Waals surface area contributed by atoms with Gasteiger partial charge >= 0.3 is 0 Å². The number of anilines is 1. The van der Waals surface area contributed by atoms with Crippen molar-refractivity contribution in [2.24, 2.45) is 0 Å². The molecule has 3 aromatic carbocycles. The molecule has 1 fully saturated rings. The number of hydrogen-bond donors (Lipinski definition) is 1. The Morgan fingerprint density at radius 3 is 2.13 bits per heavy atom. The minimum atomic E-state index is -3.83. The number of carbonyl (C=O) groups excluding carboxylic acids is 2. The van der Waals surface area contributed by atoms with Crippen molar-refractivity contribution in [2.45, 2.75) is 50.7 Å². The molecule has 39 heavy (non-hydrogen) atoms. The number of carbonyl (C=O) groups is 2. The third-order valence-electron chi connectivity index (χ3n) is 6.94. The van der Waals surface area contributed by atoms with Gasteiger partial charge in [-0.2, -0.15) is 0 Å². The van der Waals surface area contributed by atoms with Gasteiger partial charge in [0.05, 0.1) is 11.9 Å². The van der Waals surface area contributed by atoms with Gasteiger partial charge in [-0.15, -0.1) is 0 Å². The topological polar surface area (TPSA) is 86.8 Å². The van der Waals surface area contributed by atoms with Gasteiger partial charge in [0, 0.05) is 24.0 Å². The van der Waals surface area contributed by atoms with Crippen LogP contribution in [0.1, 0.15) is 36.8 Å². The van der Waals surface area contributed by atoms with E-state index in [1.54, 1.807) is 18.2 Å². The zero-order valence-electron chi connectivity index (χ0n) is 22.0. The molecule has 1 aliphatic carbocycles. The molecule has 1 aliphatic rings. The van der Waals surface area contributed by atoms with Crippen LogP contribution in [-0.2, 0) is 32.6 Å². The van der Waals surface area contributed by atoms with Gasteiger partial charge in [-0.05, 0) is 42.2 Å². The van der Waals surface area contributed by atoms with E-state index in [0.29, 0.717) is 11.4 Å². The standard InChI is InChI=1S/C30H34ClN3O4S/c1-39(37,38)34(27-18-10-15-25(31)20-27)22-29(35)33(21-24-13-6-3-7-14-24)28(19-23-11-4-2-5-12-23)30(36)32-26-16-8-9-17-26/h2-7,10-15,18,20,26,28H,8-9,16-17,19,21-22H2,1H3,(H,32,36)/t28-/m1/s1. The highest BCUT2D eigenvalue weighted by Crippen LogP contribution is 2.24. The van der Waals surface area contributed by atoms with Crippen molar-refractivity contribution in [1.29, 1.82) is 0 Å². The first-order valence-corrected chi connectivity index (χ1v) is 15.3. The zero-order chi connectivity index (χ0) is 27.8. The van der Waals surface area contributed by atoms with Crippen LogP contribution in [-0.4, -0.2) is 50.0 Å². The molecule has 0 saturated heterocycles. The molecule has 1 N–H and O–H groups in total. The molecule has 0 radical (unpaired) electrons. The smallest absolute Gasteiger partial charge is 0.244 e. The second-order valence-electron chi connectivity index (χ2n) is 9.95. The van der Waals surface area contributed by atoms with Crippen molar-refractivity contribution in [1.82, 2.24) is 10.2 Å².